The molecule has 152 valence electrons. The van der Waals surface area contributed by atoms with Crippen LogP contribution < -0.4 is 14.8 Å². The second kappa shape index (κ2) is 8.11. The molecule has 1 amide bonds. The fourth-order valence-corrected chi connectivity index (χ4v) is 3.79. The molecule has 2 heterocycles. The number of benzene rings is 1. The average molecular weight is 395 g/mol. The number of aromatic nitrogens is 2. The molecular weight excluding hydrogens is 370 g/mol. The van der Waals surface area contributed by atoms with E-state index < -0.39 is 0 Å². The van der Waals surface area contributed by atoms with Gasteiger partial charge in [0.25, 0.3) is 5.91 Å². The van der Waals surface area contributed by atoms with Crippen molar-refractivity contribution in [1.82, 2.24) is 15.3 Å². The maximum atomic E-state index is 12.6. The van der Waals surface area contributed by atoms with E-state index in [1.807, 2.05) is 38.1 Å². The second-order valence-electron chi connectivity index (χ2n) is 7.49. The first-order valence-corrected chi connectivity index (χ1v) is 9.88. The maximum absolute atomic E-state index is 12.6. The second-order valence-corrected chi connectivity index (χ2v) is 7.49. The molecule has 0 spiro atoms. The van der Waals surface area contributed by atoms with Crippen molar-refractivity contribution in [1.29, 1.82) is 0 Å². The predicted octanol–water partition coefficient (Wildman–Crippen LogP) is 3.97. The summed E-state index contributed by atoms with van der Waals surface area (Å²) in [6.07, 6.45) is 3.43. The summed E-state index contributed by atoms with van der Waals surface area (Å²) in [7, 11) is 1.58. The summed E-state index contributed by atoms with van der Waals surface area (Å²) in [6, 6.07) is 9.79. The van der Waals surface area contributed by atoms with Gasteiger partial charge in [0.05, 0.1) is 7.11 Å². The number of nitrogens with zero attached hydrogens (tertiary/aromatic N) is 2. The van der Waals surface area contributed by atoms with Gasteiger partial charge in [-0.3, -0.25) is 4.79 Å². The van der Waals surface area contributed by atoms with E-state index in [0.717, 1.165) is 42.5 Å². The van der Waals surface area contributed by atoms with Crippen LogP contribution in [0.25, 0.3) is 11.0 Å². The fourth-order valence-electron chi connectivity index (χ4n) is 3.79. The lowest BCUT2D eigenvalue weighted by Gasteiger charge is -2.28. The highest BCUT2D eigenvalue weighted by Crippen LogP contribution is 2.29. The van der Waals surface area contributed by atoms with Crippen molar-refractivity contribution in [2.24, 2.45) is 0 Å². The molecule has 7 heteroatoms. The molecule has 0 unspecified atom stereocenters. The summed E-state index contributed by atoms with van der Waals surface area (Å²) in [6.45, 7) is 3.86. The van der Waals surface area contributed by atoms with E-state index in [0.29, 0.717) is 23.1 Å². The largest absolute Gasteiger partial charge is 0.493 e. The van der Waals surface area contributed by atoms with Crippen molar-refractivity contribution in [3.63, 3.8) is 0 Å². The molecule has 0 saturated heterocycles. The van der Waals surface area contributed by atoms with E-state index in [1.54, 1.807) is 13.2 Å². The first-order valence-electron chi connectivity index (χ1n) is 9.88. The van der Waals surface area contributed by atoms with Crippen molar-refractivity contribution in [3.05, 3.63) is 47.5 Å². The normalized spacial score (nSPS) is 19.1. The van der Waals surface area contributed by atoms with Crippen LogP contribution in [0.5, 0.6) is 11.8 Å². The number of para-hydroxylation sites is 1. The van der Waals surface area contributed by atoms with Crippen LogP contribution in [0.3, 0.4) is 0 Å². The van der Waals surface area contributed by atoms with Crippen LogP contribution in [-0.2, 0) is 0 Å². The van der Waals surface area contributed by atoms with Gasteiger partial charge >= 0.3 is 6.01 Å². The number of fused-ring (bicyclic) bond motifs is 1. The number of furan rings is 1. The third kappa shape index (κ3) is 4.34. The molecule has 1 aliphatic carbocycles. The molecule has 1 saturated carbocycles. The molecule has 1 N–H and O–H groups in total. The zero-order chi connectivity index (χ0) is 20.4. The van der Waals surface area contributed by atoms with Gasteiger partial charge in [-0.2, -0.15) is 0 Å². The van der Waals surface area contributed by atoms with Gasteiger partial charge in [-0.1, -0.05) is 12.1 Å². The highest BCUT2D eigenvalue weighted by Gasteiger charge is 2.26. The summed E-state index contributed by atoms with van der Waals surface area (Å²) >= 11 is 0. The van der Waals surface area contributed by atoms with Crippen molar-refractivity contribution >= 4 is 16.9 Å². The third-order valence-corrected chi connectivity index (χ3v) is 5.19. The lowest BCUT2D eigenvalue weighted by Crippen LogP contribution is -2.39. The lowest BCUT2D eigenvalue weighted by molar-refractivity contribution is 0.0860. The lowest BCUT2D eigenvalue weighted by atomic mass is 9.93. The molecule has 29 heavy (non-hydrogen) atoms. The summed E-state index contributed by atoms with van der Waals surface area (Å²) in [5.41, 5.74) is 2.39. The average Bonchev–Trinajstić information content (AvgIpc) is 3.13. The van der Waals surface area contributed by atoms with Crippen molar-refractivity contribution in [2.45, 2.75) is 51.7 Å². The van der Waals surface area contributed by atoms with Gasteiger partial charge < -0.3 is 19.2 Å². The van der Waals surface area contributed by atoms with Crippen LogP contribution in [-0.4, -0.2) is 35.1 Å². The van der Waals surface area contributed by atoms with E-state index >= 15 is 0 Å². The monoisotopic (exact) mass is 395 g/mol. The van der Waals surface area contributed by atoms with E-state index in [4.69, 9.17) is 13.9 Å². The smallest absolute Gasteiger partial charge is 0.317 e. The molecule has 1 aliphatic rings. The zero-order valence-electron chi connectivity index (χ0n) is 16.9. The molecular formula is C22H25N3O4. The standard InChI is InChI=1S/C22H25N3O4/c1-13-11-14(2)24-22(23-13)28-17-9-7-16(8-10-17)25-21(26)19-12-15-5-4-6-18(27-3)20(15)29-19/h4-6,11-12,16-17H,7-10H2,1-3H3,(H,25,26). The Morgan fingerprint density at radius 1 is 1.10 bits per heavy atom. The highest BCUT2D eigenvalue weighted by molar-refractivity contribution is 5.97. The van der Waals surface area contributed by atoms with Crippen molar-refractivity contribution in [3.8, 4) is 11.8 Å². The number of carbonyl (C=O) groups excluding carboxylic acids is 1. The molecule has 7 nitrogen and oxygen atoms in total. The zero-order valence-corrected chi connectivity index (χ0v) is 16.9. The molecule has 2 aromatic heterocycles. The number of ether oxygens (including phenoxy) is 2. The molecule has 0 bridgehead atoms. The molecule has 4 rings (SSSR count). The van der Waals surface area contributed by atoms with Gasteiger partial charge in [0, 0.05) is 22.8 Å². The number of amides is 1. The van der Waals surface area contributed by atoms with Crippen LogP contribution in [0.4, 0.5) is 0 Å². The van der Waals surface area contributed by atoms with E-state index in [9.17, 15) is 4.79 Å². The summed E-state index contributed by atoms with van der Waals surface area (Å²) in [5.74, 6) is 0.713. The quantitative estimate of drug-likeness (QED) is 0.703. The number of methoxy groups -OCH3 is 1. The summed E-state index contributed by atoms with van der Waals surface area (Å²) in [4.78, 5) is 21.3. The Hall–Kier alpha value is -3.09. The summed E-state index contributed by atoms with van der Waals surface area (Å²) < 4.78 is 17.0. The van der Waals surface area contributed by atoms with E-state index in [1.165, 1.54) is 0 Å². The molecule has 1 aromatic carbocycles. The molecule has 0 radical (unpaired) electrons. The van der Waals surface area contributed by atoms with Gasteiger partial charge in [0.2, 0.25) is 0 Å². The Balaban J connectivity index is 1.34. The van der Waals surface area contributed by atoms with Crippen LogP contribution in [0, 0.1) is 13.8 Å². The number of carbonyl (C=O) groups is 1. The Kier molecular flexibility index (Phi) is 5.38. The Labute approximate surface area is 169 Å². The number of aryl methyl sites for hydroxylation is 2. The third-order valence-electron chi connectivity index (χ3n) is 5.19. The van der Waals surface area contributed by atoms with Gasteiger partial charge in [-0.15, -0.1) is 0 Å². The Morgan fingerprint density at radius 3 is 2.52 bits per heavy atom. The van der Waals surface area contributed by atoms with Gasteiger partial charge in [0.15, 0.2) is 17.1 Å². The topological polar surface area (TPSA) is 86.5 Å². The van der Waals surface area contributed by atoms with Crippen molar-refractivity contribution in [2.75, 3.05) is 7.11 Å². The van der Waals surface area contributed by atoms with Crippen LogP contribution in [0.15, 0.2) is 34.7 Å². The van der Waals surface area contributed by atoms with Crippen molar-refractivity contribution < 1.29 is 18.7 Å². The first-order chi connectivity index (χ1) is 14.0. The van der Waals surface area contributed by atoms with Gasteiger partial charge in [0.1, 0.15) is 6.10 Å². The molecule has 0 aliphatic heterocycles. The molecule has 0 atom stereocenters. The van der Waals surface area contributed by atoms with Crippen LogP contribution >= 0.6 is 0 Å². The number of hydrogen-bond donors (Lipinski definition) is 1. The molecule has 1 fully saturated rings. The SMILES string of the molecule is COc1cccc2cc(C(=O)NC3CCC(Oc4nc(C)cc(C)n4)CC3)oc12. The van der Waals surface area contributed by atoms with Crippen LogP contribution in [0.1, 0.15) is 47.6 Å². The first kappa shape index (κ1) is 19.2. The van der Waals surface area contributed by atoms with E-state index in [2.05, 4.69) is 15.3 Å². The number of nitrogens with one attached hydrogen (secondary N) is 1. The summed E-state index contributed by atoms with van der Waals surface area (Å²) in [5, 5.41) is 3.92. The number of hydrogen-bond acceptors (Lipinski definition) is 6. The molecule has 3 aromatic rings. The highest BCUT2D eigenvalue weighted by atomic mass is 16.5. The van der Waals surface area contributed by atoms with E-state index in [-0.39, 0.29) is 18.1 Å². The fraction of sp³-hybridized carbons (Fsp3) is 0.409. The number of rotatable bonds is 5. The van der Waals surface area contributed by atoms with Crippen LogP contribution in [0.2, 0.25) is 0 Å². The Bertz CT molecular complexity index is 1000. The predicted molar refractivity (Wildman–Crippen MR) is 108 cm³/mol. The minimum absolute atomic E-state index is 0.0693. The maximum Gasteiger partial charge on any atom is 0.317 e. The van der Waals surface area contributed by atoms with Gasteiger partial charge in [-0.05, 0) is 57.7 Å². The van der Waals surface area contributed by atoms with Gasteiger partial charge in [-0.25, -0.2) is 9.97 Å². The minimum Gasteiger partial charge on any atom is -0.493 e. The minimum atomic E-state index is -0.203. The Morgan fingerprint density at radius 2 is 1.83 bits per heavy atom.